The van der Waals surface area contributed by atoms with E-state index in [9.17, 15) is 22.8 Å². The molecule has 1 saturated carbocycles. The van der Waals surface area contributed by atoms with Gasteiger partial charge in [0.25, 0.3) is 5.91 Å². The molecule has 4 aromatic carbocycles. The third-order valence-corrected chi connectivity index (χ3v) is 8.05. The van der Waals surface area contributed by atoms with Gasteiger partial charge in [0.1, 0.15) is 24.2 Å². The van der Waals surface area contributed by atoms with Crippen LogP contribution >= 0.6 is 0 Å². The lowest BCUT2D eigenvalue weighted by Gasteiger charge is -2.33. The van der Waals surface area contributed by atoms with E-state index < -0.39 is 30.0 Å². The van der Waals surface area contributed by atoms with Crippen molar-refractivity contribution in [2.24, 2.45) is 5.92 Å². The van der Waals surface area contributed by atoms with Crippen LogP contribution in [-0.4, -0.2) is 33.4 Å². The molecule has 1 fully saturated rings. The molecule has 5 aromatic rings. The first-order valence-electron chi connectivity index (χ1n) is 15.8. The summed E-state index contributed by atoms with van der Waals surface area (Å²) in [5.41, 5.74) is 1.18. The van der Waals surface area contributed by atoms with Gasteiger partial charge in [-0.05, 0) is 71.8 Å². The lowest BCUT2D eigenvalue weighted by molar-refractivity contribution is -0.141. The van der Waals surface area contributed by atoms with Crippen molar-refractivity contribution in [2.75, 3.05) is 11.4 Å². The highest BCUT2D eigenvalue weighted by Crippen LogP contribution is 2.35. The van der Waals surface area contributed by atoms with Crippen LogP contribution in [0.3, 0.4) is 0 Å². The number of halogens is 3. The Hall–Kier alpha value is -5.62. The van der Waals surface area contributed by atoms with E-state index in [1.165, 1.54) is 17.0 Å². The molecular formula is C37H34F3N5O4. The van der Waals surface area contributed by atoms with Crippen LogP contribution in [0.25, 0.3) is 5.69 Å². The zero-order valence-electron chi connectivity index (χ0n) is 26.3. The summed E-state index contributed by atoms with van der Waals surface area (Å²) in [5.74, 6) is 0.251. The van der Waals surface area contributed by atoms with Gasteiger partial charge in [-0.2, -0.15) is 18.3 Å². The standard InChI is InChI=1S/C37H34F3N5O4/c38-37(39,40)33-21-32(45(43-33)30-15-7-11-27(19-30)23-42-36(47)48)35(46)44(29-13-5-2-6-14-29)34(41-22-25-17-18-25)28-12-8-16-31(20-28)49-24-26-9-3-1-4-10-26/h1-16,19-21,25,34,41-42H,17-18,22-24H2,(H,47,48). The van der Waals surface area contributed by atoms with E-state index in [1.807, 2.05) is 54.6 Å². The summed E-state index contributed by atoms with van der Waals surface area (Å²) in [5, 5.41) is 18.6. The fourth-order valence-electron chi connectivity index (χ4n) is 5.41. The third kappa shape index (κ3) is 8.46. The summed E-state index contributed by atoms with van der Waals surface area (Å²) in [7, 11) is 0. The summed E-state index contributed by atoms with van der Waals surface area (Å²) in [6, 6.07) is 32.7. The number of carboxylic acid groups (broad SMARTS) is 1. The number of hydrogen-bond acceptors (Lipinski definition) is 5. The van der Waals surface area contributed by atoms with Gasteiger partial charge in [0.05, 0.1) is 5.69 Å². The highest BCUT2D eigenvalue weighted by molar-refractivity contribution is 6.06. The maximum Gasteiger partial charge on any atom is 0.435 e. The average Bonchev–Trinajstić information content (AvgIpc) is 3.82. The SMILES string of the molecule is O=C(O)NCc1cccc(-n2nc(C(F)(F)F)cc2C(=O)N(c2ccccc2)C(NCC2CC2)c2cccc(OCc3ccccc3)c2)c1. The van der Waals surface area contributed by atoms with Gasteiger partial charge in [-0.25, -0.2) is 9.48 Å². The van der Waals surface area contributed by atoms with Crippen molar-refractivity contribution in [3.05, 3.63) is 143 Å². The number of benzene rings is 4. The van der Waals surface area contributed by atoms with Crippen LogP contribution in [0.4, 0.5) is 23.7 Å². The molecule has 2 amide bonds. The minimum absolute atomic E-state index is 0.0914. The van der Waals surface area contributed by atoms with E-state index in [1.54, 1.807) is 42.5 Å². The number of nitrogens with one attached hydrogen (secondary N) is 2. The Kier molecular flexibility index (Phi) is 9.95. The Morgan fingerprint density at radius 3 is 2.29 bits per heavy atom. The zero-order chi connectivity index (χ0) is 34.4. The molecule has 0 aliphatic heterocycles. The van der Waals surface area contributed by atoms with Crippen molar-refractivity contribution in [1.29, 1.82) is 0 Å². The molecule has 0 radical (unpaired) electrons. The van der Waals surface area contributed by atoms with Crippen LogP contribution in [0.1, 0.15) is 51.9 Å². The van der Waals surface area contributed by atoms with Crippen molar-refractivity contribution in [3.63, 3.8) is 0 Å². The smallest absolute Gasteiger partial charge is 0.435 e. The molecule has 1 aliphatic carbocycles. The molecule has 1 unspecified atom stereocenters. The highest BCUT2D eigenvalue weighted by Gasteiger charge is 2.38. The van der Waals surface area contributed by atoms with Gasteiger partial charge in [-0.3, -0.25) is 15.0 Å². The fraction of sp³-hybridized carbons (Fsp3) is 0.216. The third-order valence-electron chi connectivity index (χ3n) is 8.05. The first-order chi connectivity index (χ1) is 23.7. The monoisotopic (exact) mass is 669 g/mol. The summed E-state index contributed by atoms with van der Waals surface area (Å²) >= 11 is 0. The normalized spacial score (nSPS) is 13.4. The van der Waals surface area contributed by atoms with Gasteiger partial charge in [-0.15, -0.1) is 0 Å². The van der Waals surface area contributed by atoms with Crippen LogP contribution in [-0.2, 0) is 19.3 Å². The number of aromatic nitrogens is 2. The molecule has 49 heavy (non-hydrogen) atoms. The van der Waals surface area contributed by atoms with Crippen LogP contribution in [0.15, 0.2) is 115 Å². The Balaban J connectivity index is 1.42. The van der Waals surface area contributed by atoms with Gasteiger partial charge in [-0.1, -0.05) is 72.8 Å². The highest BCUT2D eigenvalue weighted by atomic mass is 19.4. The summed E-state index contributed by atoms with van der Waals surface area (Å²) in [6.45, 7) is 0.820. The van der Waals surface area contributed by atoms with Gasteiger partial charge >= 0.3 is 12.3 Å². The maximum absolute atomic E-state index is 14.8. The van der Waals surface area contributed by atoms with E-state index in [0.29, 0.717) is 41.6 Å². The molecule has 0 bridgehead atoms. The van der Waals surface area contributed by atoms with Crippen LogP contribution in [0, 0.1) is 5.92 Å². The zero-order valence-corrected chi connectivity index (χ0v) is 26.3. The van der Waals surface area contributed by atoms with E-state index in [0.717, 1.165) is 29.2 Å². The number of carbonyl (C=O) groups excluding carboxylic acids is 1. The molecular weight excluding hydrogens is 635 g/mol. The van der Waals surface area contributed by atoms with Crippen molar-refractivity contribution in [1.82, 2.24) is 20.4 Å². The van der Waals surface area contributed by atoms with Crippen molar-refractivity contribution in [2.45, 2.75) is 38.3 Å². The van der Waals surface area contributed by atoms with Gasteiger partial charge in [0.15, 0.2) is 5.69 Å². The van der Waals surface area contributed by atoms with Crippen molar-refractivity contribution in [3.8, 4) is 11.4 Å². The number of alkyl halides is 3. The Bertz CT molecular complexity index is 1900. The second-order valence-electron chi connectivity index (χ2n) is 11.8. The Labute approximate surface area is 280 Å². The second kappa shape index (κ2) is 14.7. The van der Waals surface area contributed by atoms with E-state index in [4.69, 9.17) is 9.84 Å². The number of para-hydroxylation sites is 1. The number of amides is 2. The van der Waals surface area contributed by atoms with Gasteiger partial charge in [0.2, 0.25) is 0 Å². The molecule has 1 heterocycles. The van der Waals surface area contributed by atoms with E-state index in [-0.39, 0.29) is 17.9 Å². The summed E-state index contributed by atoms with van der Waals surface area (Å²) in [4.78, 5) is 27.3. The average molecular weight is 670 g/mol. The summed E-state index contributed by atoms with van der Waals surface area (Å²) in [6.07, 6.45) is -4.81. The maximum atomic E-state index is 14.8. The van der Waals surface area contributed by atoms with E-state index in [2.05, 4.69) is 15.7 Å². The molecule has 0 spiro atoms. The van der Waals surface area contributed by atoms with Crippen LogP contribution in [0.5, 0.6) is 5.75 Å². The van der Waals surface area contributed by atoms with Crippen LogP contribution in [0.2, 0.25) is 0 Å². The number of rotatable bonds is 13. The lowest BCUT2D eigenvalue weighted by atomic mass is 10.1. The Morgan fingerprint density at radius 1 is 0.898 bits per heavy atom. The van der Waals surface area contributed by atoms with E-state index >= 15 is 0 Å². The van der Waals surface area contributed by atoms with Crippen LogP contribution < -0.4 is 20.3 Å². The molecule has 1 atom stereocenters. The van der Waals surface area contributed by atoms with Gasteiger partial charge < -0.3 is 15.2 Å². The lowest BCUT2D eigenvalue weighted by Crippen LogP contribution is -2.44. The van der Waals surface area contributed by atoms with Gasteiger partial charge in [0, 0.05) is 24.8 Å². The molecule has 9 nitrogen and oxygen atoms in total. The topological polar surface area (TPSA) is 109 Å². The minimum Gasteiger partial charge on any atom is -0.489 e. The summed E-state index contributed by atoms with van der Waals surface area (Å²) < 4.78 is 49.5. The number of nitrogens with zero attached hydrogens (tertiary/aromatic N) is 3. The minimum atomic E-state index is -4.84. The quantitative estimate of drug-likeness (QED) is 0.112. The molecule has 3 N–H and O–H groups in total. The van der Waals surface area contributed by atoms with Crippen molar-refractivity contribution >= 4 is 17.7 Å². The molecule has 0 saturated heterocycles. The Morgan fingerprint density at radius 2 is 1.59 bits per heavy atom. The molecule has 12 heteroatoms. The first-order valence-corrected chi connectivity index (χ1v) is 15.8. The largest absolute Gasteiger partial charge is 0.489 e. The van der Waals surface area contributed by atoms with Crippen molar-refractivity contribution < 1.29 is 32.6 Å². The molecule has 6 rings (SSSR count). The predicted octanol–water partition coefficient (Wildman–Crippen LogP) is 7.58. The molecule has 1 aliphatic rings. The first kappa shape index (κ1) is 33.3. The predicted molar refractivity (Wildman–Crippen MR) is 177 cm³/mol. The second-order valence-corrected chi connectivity index (χ2v) is 11.8. The number of anilines is 1. The molecule has 252 valence electrons. The molecule has 1 aromatic heterocycles. The number of ether oxygens (including phenoxy) is 1. The number of carbonyl (C=O) groups is 2. The fourth-order valence-corrected chi connectivity index (χ4v) is 5.41. The number of hydrogen-bond donors (Lipinski definition) is 3.